The molecule has 3 aromatic rings. The topological polar surface area (TPSA) is 85.0 Å². The summed E-state index contributed by atoms with van der Waals surface area (Å²) in [4.78, 5) is 11.1. The van der Waals surface area contributed by atoms with Crippen LogP contribution in [-0.4, -0.2) is 42.9 Å². The predicted octanol–water partition coefficient (Wildman–Crippen LogP) is 4.73. The molecule has 2 heterocycles. The molecule has 0 aliphatic carbocycles. The van der Waals surface area contributed by atoms with Crippen LogP contribution in [0.3, 0.4) is 0 Å². The van der Waals surface area contributed by atoms with Gasteiger partial charge in [-0.25, -0.2) is 9.98 Å². The molecule has 1 atom stereocenters. The van der Waals surface area contributed by atoms with Crippen LogP contribution in [0.4, 0.5) is 10.8 Å². The molecular formula is C24H27N5O2S. The average Bonchev–Trinajstić information content (AvgIpc) is 3.44. The molecule has 0 radical (unpaired) electrons. The number of anilines is 2. The van der Waals surface area contributed by atoms with Crippen molar-refractivity contribution in [2.45, 2.75) is 6.42 Å². The minimum atomic E-state index is 0.356. The Balaban J connectivity index is 1.46. The summed E-state index contributed by atoms with van der Waals surface area (Å²) in [5.74, 6) is 1.97. The number of para-hydroxylation sites is 1. The number of hydrogen-bond donors (Lipinski definition) is 2. The molecule has 166 valence electrons. The van der Waals surface area contributed by atoms with Crippen molar-refractivity contribution in [1.82, 2.24) is 9.88 Å². The number of nitrogens with one attached hydrogen (secondary N) is 1. The number of fused-ring (bicyclic) bond motifs is 1. The summed E-state index contributed by atoms with van der Waals surface area (Å²) in [5.41, 5.74) is 8.32. The van der Waals surface area contributed by atoms with Gasteiger partial charge in [0.1, 0.15) is 5.75 Å². The van der Waals surface area contributed by atoms with Gasteiger partial charge in [-0.3, -0.25) is 0 Å². The molecule has 4 rings (SSSR count). The van der Waals surface area contributed by atoms with Gasteiger partial charge in [-0.15, -0.1) is 0 Å². The summed E-state index contributed by atoms with van der Waals surface area (Å²) in [6.07, 6.45) is 4.20. The quantitative estimate of drug-likeness (QED) is 0.363. The number of methoxy groups -OCH3 is 1. The molecule has 7 nitrogen and oxygen atoms in total. The number of thiazole rings is 1. The summed E-state index contributed by atoms with van der Waals surface area (Å²) in [6.45, 7) is 6.08. The number of allylic oxidation sites excluding steroid dienone is 1. The second-order valence-electron chi connectivity index (χ2n) is 7.50. The van der Waals surface area contributed by atoms with E-state index in [2.05, 4.69) is 32.8 Å². The third-order valence-corrected chi connectivity index (χ3v) is 6.11. The highest BCUT2D eigenvalue weighted by Gasteiger charge is 2.25. The zero-order valence-electron chi connectivity index (χ0n) is 18.0. The van der Waals surface area contributed by atoms with E-state index in [1.54, 1.807) is 30.7 Å². The molecule has 0 unspecified atom stereocenters. The first-order chi connectivity index (χ1) is 15.7. The molecule has 1 saturated heterocycles. The van der Waals surface area contributed by atoms with E-state index in [0.717, 1.165) is 47.2 Å². The van der Waals surface area contributed by atoms with E-state index < -0.39 is 0 Å². The maximum atomic E-state index is 6.41. The van der Waals surface area contributed by atoms with Crippen LogP contribution in [0, 0.1) is 5.92 Å². The van der Waals surface area contributed by atoms with E-state index in [9.17, 15) is 0 Å². The Morgan fingerprint density at radius 2 is 2.12 bits per heavy atom. The fourth-order valence-corrected chi connectivity index (χ4v) is 4.48. The molecule has 0 bridgehead atoms. The second kappa shape index (κ2) is 10.3. The van der Waals surface area contributed by atoms with E-state index in [1.807, 2.05) is 42.5 Å². The van der Waals surface area contributed by atoms with Gasteiger partial charge in [0, 0.05) is 38.0 Å². The largest absolute Gasteiger partial charge is 0.436 e. The van der Waals surface area contributed by atoms with Crippen LogP contribution in [-0.2, 0) is 4.74 Å². The van der Waals surface area contributed by atoms with Crippen LogP contribution in [0.5, 0.6) is 5.75 Å². The van der Waals surface area contributed by atoms with Gasteiger partial charge in [-0.05, 0) is 42.8 Å². The molecule has 1 fully saturated rings. The molecule has 1 aliphatic heterocycles. The van der Waals surface area contributed by atoms with E-state index >= 15 is 0 Å². The highest BCUT2D eigenvalue weighted by Crippen LogP contribution is 2.29. The zero-order valence-corrected chi connectivity index (χ0v) is 18.8. The van der Waals surface area contributed by atoms with Crippen molar-refractivity contribution in [3.63, 3.8) is 0 Å². The van der Waals surface area contributed by atoms with Crippen LogP contribution in [0.15, 0.2) is 77.9 Å². The van der Waals surface area contributed by atoms with Gasteiger partial charge in [0.05, 0.1) is 16.8 Å². The summed E-state index contributed by atoms with van der Waals surface area (Å²) < 4.78 is 12.5. The Morgan fingerprint density at radius 1 is 1.31 bits per heavy atom. The van der Waals surface area contributed by atoms with Crippen LogP contribution in [0.2, 0.25) is 0 Å². The first kappa shape index (κ1) is 21.9. The van der Waals surface area contributed by atoms with Crippen molar-refractivity contribution >= 4 is 38.6 Å². The Hall–Kier alpha value is -3.36. The molecule has 0 amide bonds. The molecule has 0 spiro atoms. The second-order valence-corrected chi connectivity index (χ2v) is 8.53. The lowest BCUT2D eigenvalue weighted by Crippen LogP contribution is -2.28. The minimum absolute atomic E-state index is 0.356. The van der Waals surface area contributed by atoms with Gasteiger partial charge in [0.25, 0.3) is 5.88 Å². The maximum absolute atomic E-state index is 6.41. The molecule has 0 saturated carbocycles. The van der Waals surface area contributed by atoms with Crippen molar-refractivity contribution in [3.05, 3.63) is 72.9 Å². The lowest BCUT2D eigenvalue weighted by Gasteiger charge is -2.20. The number of ether oxygens (including phenoxy) is 2. The molecule has 3 N–H and O–H groups in total. The van der Waals surface area contributed by atoms with E-state index in [0.29, 0.717) is 23.4 Å². The first-order valence-corrected chi connectivity index (χ1v) is 11.3. The standard InChI is InChI=1S/C24H27N5O2S/c1-3-13-26-23(22(25)29-14-12-17(15-29)16-30-2)31-19-10-8-18(9-11-19)27-24-28-20-6-4-5-7-21(20)32-24/h3-11,13,17H,1,12,14-16,25H2,2H3,(H,27,28)/b23-22-,26-13?/t17-/m1/s1. The minimum Gasteiger partial charge on any atom is -0.436 e. The van der Waals surface area contributed by atoms with Crippen molar-refractivity contribution in [1.29, 1.82) is 0 Å². The molecule has 8 heteroatoms. The highest BCUT2D eigenvalue weighted by molar-refractivity contribution is 7.22. The van der Waals surface area contributed by atoms with Crippen LogP contribution >= 0.6 is 11.3 Å². The number of aromatic nitrogens is 1. The predicted molar refractivity (Wildman–Crippen MR) is 131 cm³/mol. The van der Waals surface area contributed by atoms with Gasteiger partial charge >= 0.3 is 0 Å². The number of hydrogen-bond acceptors (Lipinski definition) is 8. The summed E-state index contributed by atoms with van der Waals surface area (Å²) in [5, 5.41) is 4.19. The lowest BCUT2D eigenvalue weighted by molar-refractivity contribution is 0.155. The average molecular weight is 450 g/mol. The van der Waals surface area contributed by atoms with E-state index in [1.165, 1.54) is 0 Å². The third-order valence-electron chi connectivity index (χ3n) is 5.16. The number of aliphatic imine (C=N–C) groups is 1. The Morgan fingerprint density at radius 3 is 2.88 bits per heavy atom. The summed E-state index contributed by atoms with van der Waals surface area (Å²) >= 11 is 1.62. The Bertz CT molecular complexity index is 1090. The van der Waals surface area contributed by atoms with Crippen molar-refractivity contribution in [3.8, 4) is 5.75 Å². The summed E-state index contributed by atoms with van der Waals surface area (Å²) in [6, 6.07) is 15.7. The normalized spacial score (nSPS) is 17.0. The third kappa shape index (κ3) is 5.27. The number of likely N-dealkylation sites (tertiary alicyclic amines) is 1. The lowest BCUT2D eigenvalue weighted by atomic mass is 10.1. The van der Waals surface area contributed by atoms with Gasteiger partial charge in [-0.2, -0.15) is 0 Å². The zero-order chi connectivity index (χ0) is 22.3. The van der Waals surface area contributed by atoms with Crippen LogP contribution in [0.1, 0.15) is 6.42 Å². The monoisotopic (exact) mass is 449 g/mol. The number of rotatable bonds is 9. The molecule has 1 aliphatic rings. The smallest absolute Gasteiger partial charge is 0.260 e. The number of nitrogens with two attached hydrogens (primary N) is 1. The van der Waals surface area contributed by atoms with E-state index in [4.69, 9.17) is 15.2 Å². The van der Waals surface area contributed by atoms with Crippen molar-refractivity contribution < 1.29 is 9.47 Å². The fourth-order valence-electron chi connectivity index (χ4n) is 3.59. The van der Waals surface area contributed by atoms with Gasteiger partial charge < -0.3 is 25.4 Å². The summed E-state index contributed by atoms with van der Waals surface area (Å²) in [7, 11) is 1.72. The number of benzene rings is 2. The van der Waals surface area contributed by atoms with E-state index in [-0.39, 0.29) is 0 Å². The molecule has 2 aromatic carbocycles. The van der Waals surface area contributed by atoms with Crippen LogP contribution in [0.25, 0.3) is 10.2 Å². The Kier molecular flexibility index (Phi) is 7.03. The molecule has 32 heavy (non-hydrogen) atoms. The van der Waals surface area contributed by atoms with Crippen molar-refractivity contribution in [2.75, 3.05) is 32.1 Å². The highest BCUT2D eigenvalue weighted by atomic mass is 32.1. The fraction of sp³-hybridized carbons (Fsp3) is 0.250. The van der Waals surface area contributed by atoms with Crippen molar-refractivity contribution in [2.24, 2.45) is 16.6 Å². The van der Waals surface area contributed by atoms with Gasteiger partial charge in [0.2, 0.25) is 0 Å². The molecular weight excluding hydrogens is 422 g/mol. The number of nitrogens with zero attached hydrogens (tertiary/aromatic N) is 3. The Labute approximate surface area is 191 Å². The maximum Gasteiger partial charge on any atom is 0.260 e. The van der Waals surface area contributed by atoms with Gasteiger partial charge in [0.15, 0.2) is 11.0 Å². The SMILES string of the molecule is C=CC=N/C(Oc1ccc(Nc2nc3ccccc3s2)cc1)=C(\N)N1CC[C@@H](COC)C1. The first-order valence-electron chi connectivity index (χ1n) is 10.5. The molecule has 1 aromatic heterocycles. The van der Waals surface area contributed by atoms with Gasteiger partial charge in [-0.1, -0.05) is 36.1 Å². The van der Waals surface area contributed by atoms with Crippen LogP contribution < -0.4 is 15.8 Å².